The maximum atomic E-state index is 12.8. The van der Waals surface area contributed by atoms with Crippen LogP contribution in [-0.2, 0) is 12.6 Å². The zero-order chi connectivity index (χ0) is 21.6. The molecule has 1 fully saturated rings. The number of alkyl halides is 3. The summed E-state index contributed by atoms with van der Waals surface area (Å²) in [5.74, 6) is 1.17. The van der Waals surface area contributed by atoms with Crippen molar-refractivity contribution in [3.05, 3.63) is 53.6 Å². The Morgan fingerprint density at radius 3 is 2.57 bits per heavy atom. The van der Waals surface area contributed by atoms with Gasteiger partial charge < -0.3 is 20.1 Å². The topological polar surface area (TPSA) is 59.6 Å². The van der Waals surface area contributed by atoms with Gasteiger partial charge in [-0.15, -0.1) is 0 Å². The lowest BCUT2D eigenvalue weighted by Crippen LogP contribution is -2.30. The molecule has 30 heavy (non-hydrogen) atoms. The minimum absolute atomic E-state index is 0.149. The van der Waals surface area contributed by atoms with Gasteiger partial charge in [-0.3, -0.25) is 0 Å². The molecule has 0 saturated heterocycles. The number of hydrogen-bond acceptors (Lipinski definition) is 3. The summed E-state index contributed by atoms with van der Waals surface area (Å²) < 4.78 is 49.7. The molecule has 2 aromatic carbocycles. The van der Waals surface area contributed by atoms with E-state index in [0.717, 1.165) is 37.8 Å². The lowest BCUT2D eigenvalue weighted by atomic mass is 10.1. The molecule has 1 saturated carbocycles. The fourth-order valence-electron chi connectivity index (χ4n) is 3.43. The van der Waals surface area contributed by atoms with E-state index in [1.54, 1.807) is 31.4 Å². The summed E-state index contributed by atoms with van der Waals surface area (Å²) in [6.07, 6.45) is 0.325. The third kappa shape index (κ3) is 6.05. The van der Waals surface area contributed by atoms with Crippen molar-refractivity contribution < 1.29 is 27.4 Å². The summed E-state index contributed by atoms with van der Waals surface area (Å²) in [6.45, 7) is 0.203. The van der Waals surface area contributed by atoms with Crippen LogP contribution in [-0.4, -0.2) is 25.8 Å². The van der Waals surface area contributed by atoms with Crippen molar-refractivity contribution in [3.63, 3.8) is 0 Å². The van der Waals surface area contributed by atoms with Crippen molar-refractivity contribution in [2.24, 2.45) is 0 Å². The minimum atomic E-state index is -4.38. The Bertz CT molecular complexity index is 865. The van der Waals surface area contributed by atoms with Gasteiger partial charge in [-0.25, -0.2) is 4.79 Å². The lowest BCUT2D eigenvalue weighted by Gasteiger charge is -2.17. The summed E-state index contributed by atoms with van der Waals surface area (Å²) in [6, 6.07) is 9.78. The molecule has 0 aliphatic heterocycles. The number of carbonyl (C=O) groups is 1. The molecule has 0 spiro atoms. The number of nitrogens with one attached hydrogen (secondary N) is 2. The quantitative estimate of drug-likeness (QED) is 0.628. The number of carbonyl (C=O) groups excluding carboxylic acids is 1. The zero-order valence-electron chi connectivity index (χ0n) is 16.7. The maximum Gasteiger partial charge on any atom is 0.416 e. The van der Waals surface area contributed by atoms with Gasteiger partial charge in [0, 0.05) is 18.3 Å². The molecule has 0 bridgehead atoms. The number of hydrogen-bond donors (Lipinski definition) is 2. The van der Waals surface area contributed by atoms with Crippen molar-refractivity contribution in [3.8, 4) is 11.5 Å². The van der Waals surface area contributed by atoms with Crippen molar-refractivity contribution in [1.29, 1.82) is 0 Å². The van der Waals surface area contributed by atoms with Gasteiger partial charge in [0.1, 0.15) is 0 Å². The molecule has 162 valence electrons. The predicted octanol–water partition coefficient (Wildman–Crippen LogP) is 5.40. The van der Waals surface area contributed by atoms with Crippen LogP contribution < -0.4 is 20.1 Å². The van der Waals surface area contributed by atoms with E-state index in [9.17, 15) is 18.0 Å². The average molecular weight is 422 g/mol. The number of amides is 2. The summed E-state index contributed by atoms with van der Waals surface area (Å²) in [5, 5.41) is 5.37. The molecule has 8 heteroatoms. The van der Waals surface area contributed by atoms with Crippen LogP contribution in [0.15, 0.2) is 42.5 Å². The number of rotatable bonds is 7. The Kier molecular flexibility index (Phi) is 7.07. The Morgan fingerprint density at radius 1 is 1.10 bits per heavy atom. The van der Waals surface area contributed by atoms with Gasteiger partial charge >= 0.3 is 12.2 Å². The predicted molar refractivity (Wildman–Crippen MR) is 108 cm³/mol. The van der Waals surface area contributed by atoms with Crippen LogP contribution in [0.3, 0.4) is 0 Å². The van der Waals surface area contributed by atoms with E-state index >= 15 is 0 Å². The average Bonchev–Trinajstić information content (AvgIpc) is 3.21. The molecule has 0 aromatic heterocycles. The summed E-state index contributed by atoms with van der Waals surface area (Å²) in [7, 11) is 1.56. The highest BCUT2D eigenvalue weighted by Crippen LogP contribution is 2.34. The molecule has 5 nitrogen and oxygen atoms in total. The molecule has 2 amide bonds. The summed E-state index contributed by atoms with van der Waals surface area (Å²) in [5.41, 5.74) is 0.347. The van der Waals surface area contributed by atoms with Gasteiger partial charge in [0.05, 0.1) is 18.8 Å². The molecule has 1 aliphatic rings. The van der Waals surface area contributed by atoms with Crippen molar-refractivity contribution >= 4 is 11.7 Å². The minimum Gasteiger partial charge on any atom is -0.493 e. The van der Waals surface area contributed by atoms with Crippen LogP contribution in [0.2, 0.25) is 0 Å². The zero-order valence-corrected chi connectivity index (χ0v) is 16.7. The third-order valence-corrected chi connectivity index (χ3v) is 4.97. The van der Waals surface area contributed by atoms with Gasteiger partial charge in [0.15, 0.2) is 11.5 Å². The molecular weight excluding hydrogens is 397 g/mol. The third-order valence-electron chi connectivity index (χ3n) is 4.97. The monoisotopic (exact) mass is 422 g/mol. The van der Waals surface area contributed by atoms with Gasteiger partial charge in [0.2, 0.25) is 0 Å². The molecule has 0 radical (unpaired) electrons. The first kappa shape index (κ1) is 21.8. The van der Waals surface area contributed by atoms with Crippen LogP contribution in [0, 0.1) is 0 Å². The van der Waals surface area contributed by atoms with Crippen molar-refractivity contribution in [2.45, 2.75) is 44.4 Å². The number of anilines is 1. The van der Waals surface area contributed by atoms with Crippen molar-refractivity contribution in [2.75, 3.05) is 19.0 Å². The van der Waals surface area contributed by atoms with E-state index in [0.29, 0.717) is 22.7 Å². The second-order valence-corrected chi connectivity index (χ2v) is 7.22. The van der Waals surface area contributed by atoms with Gasteiger partial charge in [-0.2, -0.15) is 13.2 Å². The molecule has 3 rings (SSSR count). The first-order valence-electron chi connectivity index (χ1n) is 9.91. The smallest absolute Gasteiger partial charge is 0.416 e. The van der Waals surface area contributed by atoms with E-state index < -0.39 is 17.8 Å². The number of benzene rings is 2. The van der Waals surface area contributed by atoms with Crippen LogP contribution in [0.1, 0.15) is 36.8 Å². The fourth-order valence-corrected chi connectivity index (χ4v) is 3.43. The van der Waals surface area contributed by atoms with Crippen LogP contribution >= 0.6 is 0 Å². The number of ether oxygens (including phenoxy) is 2. The molecule has 2 aromatic rings. The van der Waals surface area contributed by atoms with Crippen LogP contribution in [0.25, 0.3) is 0 Å². The molecule has 0 heterocycles. The largest absolute Gasteiger partial charge is 0.493 e. The Hall–Kier alpha value is -2.90. The second-order valence-electron chi connectivity index (χ2n) is 7.22. The standard InChI is InChI=1S/C22H25F3N2O3/c1-29-19-10-9-17(14-20(19)30-18-7-2-3-8-18)27-21(28)26-12-11-15-5-4-6-16(13-15)22(23,24)25/h4-6,9-10,13-14,18H,2-3,7-8,11-12H2,1H3,(H2,26,27,28). The van der Waals surface area contributed by atoms with Crippen molar-refractivity contribution in [1.82, 2.24) is 5.32 Å². The second kappa shape index (κ2) is 9.73. The Balaban J connectivity index is 1.53. The van der Waals surface area contributed by atoms with E-state index in [4.69, 9.17) is 9.47 Å². The van der Waals surface area contributed by atoms with E-state index in [2.05, 4.69) is 10.6 Å². The molecule has 1 aliphatic carbocycles. The number of urea groups is 1. The van der Waals surface area contributed by atoms with E-state index in [1.165, 1.54) is 6.07 Å². The summed E-state index contributed by atoms with van der Waals surface area (Å²) in [4.78, 5) is 12.2. The fraction of sp³-hybridized carbons (Fsp3) is 0.409. The van der Waals surface area contributed by atoms with Crippen LogP contribution in [0.5, 0.6) is 11.5 Å². The number of halogens is 3. The van der Waals surface area contributed by atoms with Crippen LogP contribution in [0.4, 0.5) is 23.7 Å². The first-order chi connectivity index (χ1) is 14.3. The van der Waals surface area contributed by atoms with Gasteiger partial charge in [0.25, 0.3) is 0 Å². The highest BCUT2D eigenvalue weighted by atomic mass is 19.4. The Morgan fingerprint density at radius 2 is 1.87 bits per heavy atom. The summed E-state index contributed by atoms with van der Waals surface area (Å²) >= 11 is 0. The SMILES string of the molecule is COc1ccc(NC(=O)NCCc2cccc(C(F)(F)F)c2)cc1OC1CCCC1. The first-order valence-corrected chi connectivity index (χ1v) is 9.91. The lowest BCUT2D eigenvalue weighted by molar-refractivity contribution is -0.137. The molecular formula is C22H25F3N2O3. The Labute approximate surface area is 173 Å². The highest BCUT2D eigenvalue weighted by Gasteiger charge is 2.30. The normalized spacial score (nSPS) is 14.4. The van der Waals surface area contributed by atoms with E-state index in [1.807, 2.05) is 0 Å². The highest BCUT2D eigenvalue weighted by molar-refractivity contribution is 5.89. The molecule has 2 N–H and O–H groups in total. The number of methoxy groups -OCH3 is 1. The maximum absolute atomic E-state index is 12.8. The van der Waals surface area contributed by atoms with Gasteiger partial charge in [-0.1, -0.05) is 18.2 Å². The van der Waals surface area contributed by atoms with Gasteiger partial charge in [-0.05, 0) is 55.9 Å². The van der Waals surface area contributed by atoms with E-state index in [-0.39, 0.29) is 19.1 Å². The molecule has 0 unspecified atom stereocenters. The molecule has 0 atom stereocenters.